The number of hydrogen-bond acceptors (Lipinski definition) is 4. The van der Waals surface area contributed by atoms with Crippen molar-refractivity contribution < 1.29 is 14.3 Å². The number of nitrogens with one attached hydrogen (secondary N) is 2. The number of hydrogen-bond donors (Lipinski definition) is 3. The molecule has 4 N–H and O–H groups in total. The van der Waals surface area contributed by atoms with Gasteiger partial charge >= 0.3 is 11.8 Å². The van der Waals surface area contributed by atoms with Crippen molar-refractivity contribution in [3.63, 3.8) is 0 Å². The molecule has 0 aliphatic carbocycles. The fourth-order valence-electron chi connectivity index (χ4n) is 1.71. The first-order valence-corrected chi connectivity index (χ1v) is 6.46. The van der Waals surface area contributed by atoms with Gasteiger partial charge in [-0.1, -0.05) is 12.2 Å². The zero-order valence-corrected chi connectivity index (χ0v) is 11.1. The van der Waals surface area contributed by atoms with Crippen LogP contribution in [0.1, 0.15) is 25.7 Å². The lowest BCUT2D eigenvalue weighted by atomic mass is 10.1. The number of nitrogens with two attached hydrogens (primary N) is 1. The molecule has 1 aliphatic heterocycles. The highest BCUT2D eigenvalue weighted by Crippen LogP contribution is 2.14. The van der Waals surface area contributed by atoms with Crippen LogP contribution in [0.25, 0.3) is 0 Å². The van der Waals surface area contributed by atoms with Crippen LogP contribution in [-0.2, 0) is 14.3 Å². The highest BCUT2D eigenvalue weighted by molar-refractivity contribution is 7.80. The molecule has 0 bridgehead atoms. The first-order valence-electron chi connectivity index (χ1n) is 6.05. The number of ether oxygens (including phenoxy) is 1. The average molecular weight is 273 g/mol. The van der Waals surface area contributed by atoms with Gasteiger partial charge < -0.3 is 21.1 Å². The average Bonchev–Trinajstić information content (AvgIpc) is 2.37. The Kier molecular flexibility index (Phi) is 6.59. The first kappa shape index (κ1) is 14.8. The molecule has 1 aliphatic rings. The largest absolute Gasteiger partial charge is 0.392 e. The molecule has 0 spiro atoms. The zero-order valence-electron chi connectivity index (χ0n) is 10.2. The van der Waals surface area contributed by atoms with Gasteiger partial charge in [0.25, 0.3) is 0 Å². The predicted octanol–water partition coefficient (Wildman–Crippen LogP) is -0.536. The summed E-state index contributed by atoms with van der Waals surface area (Å²) in [4.78, 5) is 22.8. The van der Waals surface area contributed by atoms with E-state index in [1.54, 1.807) is 0 Å². The molecule has 1 saturated heterocycles. The van der Waals surface area contributed by atoms with Crippen molar-refractivity contribution in [3.8, 4) is 0 Å². The van der Waals surface area contributed by atoms with Crippen molar-refractivity contribution in [1.29, 1.82) is 0 Å². The van der Waals surface area contributed by atoms with Gasteiger partial charge in [0.1, 0.15) is 0 Å². The molecule has 1 fully saturated rings. The summed E-state index contributed by atoms with van der Waals surface area (Å²) in [5.41, 5.74) is 5.21. The normalized spacial score (nSPS) is 19.0. The lowest BCUT2D eigenvalue weighted by Crippen LogP contribution is -2.43. The van der Waals surface area contributed by atoms with Crippen LogP contribution < -0.4 is 16.4 Å². The number of thiocarbonyl (C=S) groups is 1. The molecule has 0 aromatic carbocycles. The van der Waals surface area contributed by atoms with E-state index < -0.39 is 11.8 Å². The summed E-state index contributed by atoms with van der Waals surface area (Å²) in [6.07, 6.45) is 4.20. The smallest absolute Gasteiger partial charge is 0.309 e. The zero-order chi connectivity index (χ0) is 13.4. The van der Waals surface area contributed by atoms with E-state index in [9.17, 15) is 9.59 Å². The molecule has 7 heteroatoms. The second kappa shape index (κ2) is 7.99. The number of carbonyl (C=O) groups excluding carboxylic acids is 2. The lowest BCUT2D eigenvalue weighted by molar-refractivity contribution is -0.139. The molecule has 102 valence electrons. The standard InChI is InChI=1S/C11H19N3O3S/c12-9(18)7-14-11(16)10(15)13-5-4-8-3-1-2-6-17-8/h8H,1-7H2,(H2,12,18)(H,13,15)(H,14,16). The second-order valence-corrected chi connectivity index (χ2v) is 4.71. The summed E-state index contributed by atoms with van der Waals surface area (Å²) in [5, 5.41) is 4.86. The van der Waals surface area contributed by atoms with Crippen molar-refractivity contribution in [3.05, 3.63) is 0 Å². The Morgan fingerprint density at radius 1 is 1.28 bits per heavy atom. The molecule has 0 aromatic heterocycles. The monoisotopic (exact) mass is 273 g/mol. The van der Waals surface area contributed by atoms with E-state index in [1.807, 2.05) is 0 Å². The molecule has 1 rings (SSSR count). The molecule has 2 amide bonds. The van der Waals surface area contributed by atoms with Crippen molar-refractivity contribution in [2.24, 2.45) is 5.73 Å². The molecule has 1 heterocycles. The van der Waals surface area contributed by atoms with Crippen LogP contribution in [-0.4, -0.2) is 42.6 Å². The van der Waals surface area contributed by atoms with E-state index in [4.69, 9.17) is 10.5 Å². The summed E-state index contributed by atoms with van der Waals surface area (Å²) in [6.45, 7) is 1.25. The topological polar surface area (TPSA) is 93.5 Å². The Morgan fingerprint density at radius 3 is 2.61 bits per heavy atom. The Morgan fingerprint density at radius 2 is 2.00 bits per heavy atom. The van der Waals surface area contributed by atoms with Gasteiger partial charge in [-0.3, -0.25) is 9.59 Å². The molecule has 18 heavy (non-hydrogen) atoms. The molecule has 6 nitrogen and oxygen atoms in total. The summed E-state index contributed by atoms with van der Waals surface area (Å²) in [6, 6.07) is 0. The molecule has 1 unspecified atom stereocenters. The van der Waals surface area contributed by atoms with Crippen LogP contribution in [0.2, 0.25) is 0 Å². The van der Waals surface area contributed by atoms with Crippen LogP contribution in [0.3, 0.4) is 0 Å². The SMILES string of the molecule is NC(=S)CNC(=O)C(=O)NCCC1CCCCO1. The van der Waals surface area contributed by atoms with Crippen LogP contribution in [0.4, 0.5) is 0 Å². The summed E-state index contributed by atoms with van der Waals surface area (Å²) < 4.78 is 5.51. The third-order valence-electron chi connectivity index (χ3n) is 2.66. The van der Waals surface area contributed by atoms with E-state index in [-0.39, 0.29) is 17.6 Å². The van der Waals surface area contributed by atoms with Crippen LogP contribution >= 0.6 is 12.2 Å². The fourth-order valence-corrected chi connectivity index (χ4v) is 1.78. The number of carbonyl (C=O) groups is 2. The molecule has 0 radical (unpaired) electrons. The van der Waals surface area contributed by atoms with E-state index in [2.05, 4.69) is 22.9 Å². The van der Waals surface area contributed by atoms with E-state index in [0.29, 0.717) is 6.54 Å². The van der Waals surface area contributed by atoms with Gasteiger partial charge in [-0.2, -0.15) is 0 Å². The summed E-state index contributed by atoms with van der Waals surface area (Å²) in [5.74, 6) is -1.38. The van der Waals surface area contributed by atoms with Gasteiger partial charge in [-0.15, -0.1) is 0 Å². The third-order valence-corrected chi connectivity index (χ3v) is 2.80. The highest BCUT2D eigenvalue weighted by Gasteiger charge is 2.16. The summed E-state index contributed by atoms with van der Waals surface area (Å²) >= 11 is 4.59. The lowest BCUT2D eigenvalue weighted by Gasteiger charge is -2.22. The molecular formula is C11H19N3O3S. The fraction of sp³-hybridized carbons (Fsp3) is 0.727. The maximum Gasteiger partial charge on any atom is 0.309 e. The van der Waals surface area contributed by atoms with Gasteiger partial charge in [0, 0.05) is 13.2 Å². The molecular weight excluding hydrogens is 254 g/mol. The Hall–Kier alpha value is -1.21. The van der Waals surface area contributed by atoms with Crippen molar-refractivity contribution in [2.75, 3.05) is 19.7 Å². The minimum atomic E-state index is -0.715. The first-order chi connectivity index (χ1) is 8.59. The van der Waals surface area contributed by atoms with E-state index in [0.717, 1.165) is 32.3 Å². The van der Waals surface area contributed by atoms with Gasteiger partial charge in [-0.25, -0.2) is 0 Å². The van der Waals surface area contributed by atoms with Crippen LogP contribution in [0, 0.1) is 0 Å². The van der Waals surface area contributed by atoms with E-state index in [1.165, 1.54) is 0 Å². The van der Waals surface area contributed by atoms with Crippen molar-refractivity contribution in [2.45, 2.75) is 31.8 Å². The Labute approximate surface area is 112 Å². The van der Waals surface area contributed by atoms with Crippen molar-refractivity contribution >= 4 is 29.0 Å². The highest BCUT2D eigenvalue weighted by atomic mass is 32.1. The predicted molar refractivity (Wildman–Crippen MR) is 71.0 cm³/mol. The Balaban J connectivity index is 2.11. The molecule has 0 saturated carbocycles. The summed E-state index contributed by atoms with van der Waals surface area (Å²) in [7, 11) is 0. The van der Waals surface area contributed by atoms with Gasteiger partial charge in [-0.05, 0) is 25.7 Å². The van der Waals surface area contributed by atoms with Crippen LogP contribution in [0.5, 0.6) is 0 Å². The number of amides is 2. The molecule has 1 atom stereocenters. The third kappa shape index (κ3) is 5.92. The van der Waals surface area contributed by atoms with Gasteiger partial charge in [0.05, 0.1) is 17.6 Å². The van der Waals surface area contributed by atoms with Crippen LogP contribution in [0.15, 0.2) is 0 Å². The van der Waals surface area contributed by atoms with Gasteiger partial charge in [0.2, 0.25) is 0 Å². The quantitative estimate of drug-likeness (QED) is 0.462. The Bertz CT molecular complexity index is 317. The van der Waals surface area contributed by atoms with Crippen molar-refractivity contribution in [1.82, 2.24) is 10.6 Å². The van der Waals surface area contributed by atoms with E-state index >= 15 is 0 Å². The second-order valence-electron chi connectivity index (χ2n) is 4.18. The minimum Gasteiger partial charge on any atom is -0.392 e. The minimum absolute atomic E-state index is 0.0350. The molecule has 0 aromatic rings. The maximum atomic E-state index is 11.3. The maximum absolute atomic E-state index is 11.3. The van der Waals surface area contributed by atoms with Gasteiger partial charge in [0.15, 0.2) is 0 Å². The number of rotatable bonds is 5.